The molecular weight excluding hydrogens is 184 g/mol. The second-order valence-corrected chi connectivity index (χ2v) is 3.69. The molecule has 0 spiro atoms. The lowest BCUT2D eigenvalue weighted by molar-refractivity contribution is -0.153. The SMILES string of the molecule is C=C(CC(C)(C)C(=O)OCC)C(=O)O. The van der Waals surface area contributed by atoms with Gasteiger partial charge in [-0.25, -0.2) is 4.79 Å². The molecule has 0 heterocycles. The molecule has 0 atom stereocenters. The molecule has 0 amide bonds. The minimum absolute atomic E-state index is 0.0167. The summed E-state index contributed by atoms with van der Waals surface area (Å²) >= 11 is 0. The number of carboxylic acid groups (broad SMARTS) is 1. The molecular formula is C10H16O4. The Kier molecular flexibility index (Phi) is 4.34. The highest BCUT2D eigenvalue weighted by Crippen LogP contribution is 2.26. The first-order chi connectivity index (χ1) is 6.31. The Morgan fingerprint density at radius 2 is 1.93 bits per heavy atom. The zero-order chi connectivity index (χ0) is 11.4. The van der Waals surface area contributed by atoms with E-state index in [-0.39, 0.29) is 12.0 Å². The molecule has 0 aliphatic heterocycles. The predicted octanol–water partition coefficient (Wildman–Crippen LogP) is 1.61. The van der Waals surface area contributed by atoms with E-state index in [0.717, 1.165) is 0 Å². The van der Waals surface area contributed by atoms with Crippen LogP contribution in [0.2, 0.25) is 0 Å². The van der Waals surface area contributed by atoms with Crippen molar-refractivity contribution >= 4 is 11.9 Å². The molecule has 14 heavy (non-hydrogen) atoms. The number of carboxylic acids is 1. The van der Waals surface area contributed by atoms with Crippen molar-refractivity contribution in [3.63, 3.8) is 0 Å². The van der Waals surface area contributed by atoms with Crippen molar-refractivity contribution in [2.45, 2.75) is 27.2 Å². The molecule has 0 aliphatic rings. The van der Waals surface area contributed by atoms with Crippen molar-refractivity contribution in [3.8, 4) is 0 Å². The molecule has 0 bridgehead atoms. The first-order valence-electron chi connectivity index (χ1n) is 4.39. The van der Waals surface area contributed by atoms with E-state index in [0.29, 0.717) is 6.61 Å². The quantitative estimate of drug-likeness (QED) is 0.541. The summed E-state index contributed by atoms with van der Waals surface area (Å²) in [7, 11) is 0. The summed E-state index contributed by atoms with van der Waals surface area (Å²) in [5.41, 5.74) is -0.811. The number of hydrogen-bond donors (Lipinski definition) is 1. The molecule has 0 rings (SSSR count). The molecule has 0 fully saturated rings. The van der Waals surface area contributed by atoms with Crippen molar-refractivity contribution in [2.24, 2.45) is 5.41 Å². The fraction of sp³-hybridized carbons (Fsp3) is 0.600. The Bertz CT molecular complexity index is 253. The van der Waals surface area contributed by atoms with Gasteiger partial charge in [0, 0.05) is 5.57 Å². The van der Waals surface area contributed by atoms with Gasteiger partial charge in [-0.2, -0.15) is 0 Å². The molecule has 0 saturated carbocycles. The molecule has 0 saturated heterocycles. The number of rotatable bonds is 5. The highest BCUT2D eigenvalue weighted by atomic mass is 16.5. The Labute approximate surface area is 83.6 Å². The van der Waals surface area contributed by atoms with Crippen LogP contribution < -0.4 is 0 Å². The van der Waals surface area contributed by atoms with Crippen molar-refractivity contribution in [1.82, 2.24) is 0 Å². The molecule has 0 unspecified atom stereocenters. The zero-order valence-corrected chi connectivity index (χ0v) is 8.79. The number of hydrogen-bond acceptors (Lipinski definition) is 3. The van der Waals surface area contributed by atoms with E-state index < -0.39 is 17.4 Å². The second-order valence-electron chi connectivity index (χ2n) is 3.69. The van der Waals surface area contributed by atoms with Gasteiger partial charge in [0.25, 0.3) is 0 Å². The van der Waals surface area contributed by atoms with Crippen LogP contribution in [0.4, 0.5) is 0 Å². The number of esters is 1. The van der Waals surface area contributed by atoms with Crippen LogP contribution in [0.5, 0.6) is 0 Å². The molecule has 80 valence electrons. The summed E-state index contributed by atoms with van der Waals surface area (Å²) in [6, 6.07) is 0. The number of carbonyl (C=O) groups is 2. The van der Waals surface area contributed by atoms with Crippen molar-refractivity contribution in [3.05, 3.63) is 12.2 Å². The molecule has 4 nitrogen and oxygen atoms in total. The second kappa shape index (κ2) is 4.79. The van der Waals surface area contributed by atoms with E-state index in [9.17, 15) is 9.59 Å². The predicted molar refractivity (Wildman–Crippen MR) is 51.8 cm³/mol. The largest absolute Gasteiger partial charge is 0.478 e. The van der Waals surface area contributed by atoms with E-state index in [4.69, 9.17) is 9.84 Å². The van der Waals surface area contributed by atoms with Gasteiger partial charge in [-0.3, -0.25) is 4.79 Å². The smallest absolute Gasteiger partial charge is 0.330 e. The minimum Gasteiger partial charge on any atom is -0.478 e. The molecule has 4 heteroatoms. The maximum Gasteiger partial charge on any atom is 0.330 e. The normalized spacial score (nSPS) is 10.8. The number of aliphatic carboxylic acids is 1. The lowest BCUT2D eigenvalue weighted by Gasteiger charge is -2.21. The monoisotopic (exact) mass is 200 g/mol. The van der Waals surface area contributed by atoms with E-state index in [2.05, 4.69) is 6.58 Å². The molecule has 0 aromatic carbocycles. The highest BCUT2D eigenvalue weighted by Gasteiger charge is 2.31. The number of carbonyl (C=O) groups excluding carboxylic acids is 1. The van der Waals surface area contributed by atoms with Crippen LogP contribution >= 0.6 is 0 Å². The van der Waals surface area contributed by atoms with Gasteiger partial charge < -0.3 is 9.84 Å². The Morgan fingerprint density at radius 3 is 2.29 bits per heavy atom. The summed E-state index contributed by atoms with van der Waals surface area (Å²) in [6.07, 6.45) is 0.0984. The van der Waals surface area contributed by atoms with Gasteiger partial charge in [0.15, 0.2) is 0 Å². The van der Waals surface area contributed by atoms with Crippen LogP contribution in [0.3, 0.4) is 0 Å². The summed E-state index contributed by atoms with van der Waals surface area (Å²) < 4.78 is 4.81. The van der Waals surface area contributed by atoms with Gasteiger partial charge >= 0.3 is 11.9 Å². The fourth-order valence-electron chi connectivity index (χ4n) is 1.01. The van der Waals surface area contributed by atoms with Crippen molar-refractivity contribution in [2.75, 3.05) is 6.61 Å². The maximum absolute atomic E-state index is 11.4. The summed E-state index contributed by atoms with van der Waals surface area (Å²) in [6.45, 7) is 8.65. The molecule has 0 aliphatic carbocycles. The van der Waals surface area contributed by atoms with Crippen LogP contribution in [0, 0.1) is 5.41 Å². The minimum atomic E-state index is -1.08. The first-order valence-corrected chi connectivity index (χ1v) is 4.39. The van der Waals surface area contributed by atoms with Gasteiger partial charge in [0.1, 0.15) is 0 Å². The number of ether oxygens (including phenoxy) is 1. The van der Waals surface area contributed by atoms with E-state index in [1.54, 1.807) is 20.8 Å². The molecule has 0 aromatic heterocycles. The molecule has 1 N–H and O–H groups in total. The molecule has 0 radical (unpaired) electrons. The van der Waals surface area contributed by atoms with Crippen molar-refractivity contribution < 1.29 is 19.4 Å². The Hall–Kier alpha value is -1.32. The first kappa shape index (κ1) is 12.7. The average Bonchev–Trinajstić information content (AvgIpc) is 2.03. The summed E-state index contributed by atoms with van der Waals surface area (Å²) in [5, 5.41) is 8.61. The highest BCUT2D eigenvalue weighted by molar-refractivity contribution is 5.87. The van der Waals surface area contributed by atoms with E-state index >= 15 is 0 Å². The van der Waals surface area contributed by atoms with E-state index in [1.165, 1.54) is 0 Å². The third kappa shape index (κ3) is 3.60. The lowest BCUT2D eigenvalue weighted by Crippen LogP contribution is -2.28. The topological polar surface area (TPSA) is 63.6 Å². The van der Waals surface area contributed by atoms with Crippen molar-refractivity contribution in [1.29, 1.82) is 0 Å². The van der Waals surface area contributed by atoms with Gasteiger partial charge in [0.05, 0.1) is 12.0 Å². The van der Waals surface area contributed by atoms with Gasteiger partial charge in [-0.1, -0.05) is 6.58 Å². The van der Waals surface area contributed by atoms with Crippen LogP contribution in [0.1, 0.15) is 27.2 Å². The average molecular weight is 200 g/mol. The third-order valence-corrected chi connectivity index (χ3v) is 1.79. The van der Waals surface area contributed by atoms with Crippen LogP contribution in [0.15, 0.2) is 12.2 Å². The Balaban J connectivity index is 4.40. The van der Waals surface area contributed by atoms with Gasteiger partial charge in [0.2, 0.25) is 0 Å². The lowest BCUT2D eigenvalue weighted by atomic mass is 9.86. The van der Waals surface area contributed by atoms with Crippen LogP contribution in [-0.4, -0.2) is 23.7 Å². The van der Waals surface area contributed by atoms with Crippen LogP contribution in [-0.2, 0) is 14.3 Å². The fourth-order valence-corrected chi connectivity index (χ4v) is 1.01. The standard InChI is InChI=1S/C10H16O4/c1-5-14-9(13)10(3,4)6-7(2)8(11)12/h2,5-6H2,1,3-4H3,(H,11,12). The molecule has 0 aromatic rings. The Morgan fingerprint density at radius 1 is 1.43 bits per heavy atom. The van der Waals surface area contributed by atoms with Gasteiger partial charge in [-0.15, -0.1) is 0 Å². The summed E-state index contributed by atoms with van der Waals surface area (Å²) in [4.78, 5) is 21.9. The summed E-state index contributed by atoms with van der Waals surface area (Å²) in [5.74, 6) is -1.48. The van der Waals surface area contributed by atoms with Crippen LogP contribution in [0.25, 0.3) is 0 Å². The maximum atomic E-state index is 11.4. The zero-order valence-electron chi connectivity index (χ0n) is 8.79. The van der Waals surface area contributed by atoms with E-state index in [1.807, 2.05) is 0 Å². The van der Waals surface area contributed by atoms with Gasteiger partial charge in [-0.05, 0) is 27.2 Å². The third-order valence-electron chi connectivity index (χ3n) is 1.79.